The van der Waals surface area contributed by atoms with Crippen molar-refractivity contribution in [2.24, 2.45) is 0 Å². The number of methoxy groups -OCH3 is 1. The lowest BCUT2D eigenvalue weighted by Crippen LogP contribution is -2.04. The second-order valence-corrected chi connectivity index (χ2v) is 2.48. The van der Waals surface area contributed by atoms with E-state index in [2.05, 4.69) is 4.98 Å². The van der Waals surface area contributed by atoms with Gasteiger partial charge >= 0.3 is 0 Å². The summed E-state index contributed by atoms with van der Waals surface area (Å²) in [4.78, 5) is 3.96. The molecule has 1 aromatic heterocycles. The Balaban J connectivity index is 2.40. The summed E-state index contributed by atoms with van der Waals surface area (Å²) in [5.74, 6) is 0.689. The Hall–Kier alpha value is -1.13. The molecule has 1 N–H and O–H groups in total. The van der Waals surface area contributed by atoms with Gasteiger partial charge in [0.15, 0.2) is 0 Å². The number of aliphatic hydroxyl groups is 1. The summed E-state index contributed by atoms with van der Waals surface area (Å²) >= 11 is 0. The van der Waals surface area contributed by atoms with Crippen molar-refractivity contribution in [2.75, 3.05) is 20.3 Å². The highest BCUT2D eigenvalue weighted by atomic mass is 16.5. The summed E-state index contributed by atoms with van der Waals surface area (Å²) < 4.78 is 10.1. The number of aromatic nitrogens is 1. The molecule has 0 spiro atoms. The molecule has 0 aromatic carbocycles. The number of pyridine rings is 1. The van der Waals surface area contributed by atoms with Crippen LogP contribution in [0, 0.1) is 0 Å². The smallest absolute Gasteiger partial charge is 0.137 e. The molecule has 13 heavy (non-hydrogen) atoms. The first kappa shape index (κ1) is 9.95. The minimum Gasteiger partial charge on any atom is -0.490 e. The van der Waals surface area contributed by atoms with Crippen molar-refractivity contribution in [3.8, 4) is 5.75 Å². The highest BCUT2D eigenvalue weighted by Crippen LogP contribution is 2.08. The molecular formula is C9H13NO3. The second-order valence-electron chi connectivity index (χ2n) is 2.48. The molecule has 0 amide bonds. The monoisotopic (exact) mass is 183 g/mol. The minimum atomic E-state index is -0.0433. The zero-order valence-corrected chi connectivity index (χ0v) is 7.56. The van der Waals surface area contributed by atoms with Crippen molar-refractivity contribution in [3.63, 3.8) is 0 Å². The highest BCUT2D eigenvalue weighted by Gasteiger charge is 1.94. The second kappa shape index (κ2) is 5.50. The summed E-state index contributed by atoms with van der Waals surface area (Å²) in [7, 11) is 1.62. The van der Waals surface area contributed by atoms with E-state index < -0.39 is 0 Å². The lowest BCUT2D eigenvalue weighted by atomic mass is 10.3. The van der Waals surface area contributed by atoms with Gasteiger partial charge in [-0.1, -0.05) is 0 Å². The van der Waals surface area contributed by atoms with Crippen LogP contribution in [0.5, 0.6) is 5.75 Å². The van der Waals surface area contributed by atoms with Gasteiger partial charge in [0.05, 0.1) is 25.1 Å². The molecule has 0 aliphatic heterocycles. The van der Waals surface area contributed by atoms with Gasteiger partial charge in [0.2, 0.25) is 0 Å². The first-order valence-electron chi connectivity index (χ1n) is 4.04. The minimum absolute atomic E-state index is 0.0433. The van der Waals surface area contributed by atoms with E-state index in [0.717, 1.165) is 0 Å². The Kier molecular flexibility index (Phi) is 4.21. The number of ether oxygens (including phenoxy) is 2. The zero-order chi connectivity index (χ0) is 9.52. The molecule has 0 bridgehead atoms. The molecule has 1 rings (SSSR count). The van der Waals surface area contributed by atoms with Gasteiger partial charge < -0.3 is 14.6 Å². The summed E-state index contributed by atoms with van der Waals surface area (Å²) in [5.41, 5.74) is 0.638. The molecule has 72 valence electrons. The lowest BCUT2D eigenvalue weighted by Gasteiger charge is -2.04. The Bertz CT molecular complexity index is 235. The number of hydrogen-bond donors (Lipinski definition) is 1. The number of hydrogen-bond acceptors (Lipinski definition) is 4. The van der Waals surface area contributed by atoms with Crippen LogP contribution in [-0.2, 0) is 11.3 Å². The SMILES string of the molecule is COCCOc1ccc(CO)nc1. The van der Waals surface area contributed by atoms with Crippen LogP contribution in [0.4, 0.5) is 0 Å². The van der Waals surface area contributed by atoms with Crippen molar-refractivity contribution in [3.05, 3.63) is 24.0 Å². The van der Waals surface area contributed by atoms with Crippen molar-refractivity contribution in [1.82, 2.24) is 4.98 Å². The maximum atomic E-state index is 8.72. The van der Waals surface area contributed by atoms with Crippen molar-refractivity contribution in [2.45, 2.75) is 6.61 Å². The van der Waals surface area contributed by atoms with E-state index in [1.807, 2.05) is 0 Å². The Morgan fingerprint density at radius 1 is 1.38 bits per heavy atom. The molecule has 4 nitrogen and oxygen atoms in total. The molecule has 0 fully saturated rings. The summed E-state index contributed by atoms with van der Waals surface area (Å²) in [6.45, 7) is 1.02. The van der Waals surface area contributed by atoms with E-state index in [0.29, 0.717) is 24.7 Å². The van der Waals surface area contributed by atoms with Gasteiger partial charge in [-0.15, -0.1) is 0 Å². The van der Waals surface area contributed by atoms with Gasteiger partial charge in [-0.05, 0) is 12.1 Å². The van der Waals surface area contributed by atoms with Gasteiger partial charge in [0.1, 0.15) is 12.4 Å². The van der Waals surface area contributed by atoms with Crippen molar-refractivity contribution < 1.29 is 14.6 Å². The third kappa shape index (κ3) is 3.40. The third-order valence-corrected chi connectivity index (χ3v) is 1.52. The van der Waals surface area contributed by atoms with Crippen LogP contribution in [0.1, 0.15) is 5.69 Å². The van der Waals surface area contributed by atoms with Gasteiger partial charge in [-0.3, -0.25) is 4.98 Å². The predicted molar refractivity (Wildman–Crippen MR) is 47.5 cm³/mol. The average molecular weight is 183 g/mol. The maximum absolute atomic E-state index is 8.72. The maximum Gasteiger partial charge on any atom is 0.137 e. The molecule has 0 radical (unpaired) electrons. The number of rotatable bonds is 5. The molecule has 0 saturated heterocycles. The fraction of sp³-hybridized carbons (Fsp3) is 0.444. The number of aliphatic hydroxyl groups excluding tert-OH is 1. The Labute approximate surface area is 77.1 Å². The van der Waals surface area contributed by atoms with Crippen LogP contribution >= 0.6 is 0 Å². The molecule has 1 heterocycles. The first-order valence-corrected chi connectivity index (χ1v) is 4.04. The van der Waals surface area contributed by atoms with Crippen LogP contribution in [0.2, 0.25) is 0 Å². The topological polar surface area (TPSA) is 51.6 Å². The van der Waals surface area contributed by atoms with Crippen molar-refractivity contribution >= 4 is 0 Å². The van der Waals surface area contributed by atoms with Crippen molar-refractivity contribution in [1.29, 1.82) is 0 Å². The van der Waals surface area contributed by atoms with Gasteiger partial charge in [-0.25, -0.2) is 0 Å². The van der Waals surface area contributed by atoms with Gasteiger partial charge in [0, 0.05) is 7.11 Å². The quantitative estimate of drug-likeness (QED) is 0.679. The van der Waals surface area contributed by atoms with E-state index >= 15 is 0 Å². The average Bonchev–Trinajstić information content (AvgIpc) is 2.19. The van der Waals surface area contributed by atoms with Crippen LogP contribution in [0.15, 0.2) is 18.3 Å². The third-order valence-electron chi connectivity index (χ3n) is 1.52. The van der Waals surface area contributed by atoms with E-state index in [1.54, 1.807) is 25.4 Å². The highest BCUT2D eigenvalue weighted by molar-refractivity contribution is 5.19. The lowest BCUT2D eigenvalue weighted by molar-refractivity contribution is 0.146. The molecule has 4 heteroatoms. The van der Waals surface area contributed by atoms with E-state index in [-0.39, 0.29) is 6.61 Å². The zero-order valence-electron chi connectivity index (χ0n) is 7.56. The van der Waals surface area contributed by atoms with Crippen LogP contribution in [0.3, 0.4) is 0 Å². The van der Waals surface area contributed by atoms with Crippen LogP contribution in [0.25, 0.3) is 0 Å². The standard InChI is InChI=1S/C9H13NO3/c1-12-4-5-13-9-3-2-8(7-11)10-6-9/h2-3,6,11H,4-5,7H2,1H3. The Morgan fingerprint density at radius 2 is 2.23 bits per heavy atom. The van der Waals surface area contributed by atoms with E-state index in [1.165, 1.54) is 0 Å². The first-order chi connectivity index (χ1) is 6.36. The van der Waals surface area contributed by atoms with E-state index in [4.69, 9.17) is 14.6 Å². The van der Waals surface area contributed by atoms with Gasteiger partial charge in [0.25, 0.3) is 0 Å². The predicted octanol–water partition coefficient (Wildman–Crippen LogP) is 0.599. The summed E-state index contributed by atoms with van der Waals surface area (Å²) in [5, 5.41) is 8.72. The molecule has 0 aliphatic carbocycles. The summed E-state index contributed by atoms with van der Waals surface area (Å²) in [6, 6.07) is 3.50. The molecule has 1 aromatic rings. The van der Waals surface area contributed by atoms with Gasteiger partial charge in [-0.2, -0.15) is 0 Å². The summed E-state index contributed by atoms with van der Waals surface area (Å²) in [6.07, 6.45) is 1.58. The largest absolute Gasteiger partial charge is 0.490 e. The fourth-order valence-corrected chi connectivity index (χ4v) is 0.833. The van der Waals surface area contributed by atoms with Crippen LogP contribution < -0.4 is 4.74 Å². The Morgan fingerprint density at radius 3 is 2.77 bits per heavy atom. The number of nitrogens with zero attached hydrogens (tertiary/aromatic N) is 1. The fourth-order valence-electron chi connectivity index (χ4n) is 0.833. The molecule has 0 saturated carbocycles. The normalized spacial score (nSPS) is 10.0. The van der Waals surface area contributed by atoms with E-state index in [9.17, 15) is 0 Å². The molecular weight excluding hydrogens is 170 g/mol. The molecule has 0 aliphatic rings. The molecule has 0 unspecified atom stereocenters. The molecule has 0 atom stereocenters. The van der Waals surface area contributed by atoms with Crippen LogP contribution in [-0.4, -0.2) is 30.4 Å².